The van der Waals surface area contributed by atoms with Gasteiger partial charge in [0, 0.05) is 20.4 Å². The first-order valence-corrected chi connectivity index (χ1v) is 7.63. The number of aliphatic hydroxyl groups is 1. The Kier molecular flexibility index (Phi) is 5.04. The Morgan fingerprint density at radius 2 is 2.30 bits per heavy atom. The Bertz CT molecular complexity index is 587. The Labute approximate surface area is 132 Å². The van der Waals surface area contributed by atoms with Crippen LogP contribution in [0.15, 0.2) is 26.2 Å². The second-order valence-electron chi connectivity index (χ2n) is 4.45. The molecule has 0 bridgehead atoms. The van der Waals surface area contributed by atoms with Crippen molar-refractivity contribution in [2.24, 2.45) is 5.11 Å². The number of rotatable bonds is 3. The van der Waals surface area contributed by atoms with Crippen LogP contribution < -0.4 is 0 Å². The molecule has 106 valence electrons. The molecule has 1 aliphatic heterocycles. The molecule has 6 nitrogen and oxygen atoms in total. The zero-order valence-corrected chi connectivity index (χ0v) is 13.6. The molecule has 0 unspecified atom stereocenters. The van der Waals surface area contributed by atoms with Gasteiger partial charge in [0.15, 0.2) is 0 Å². The molecule has 1 amide bonds. The molecule has 1 heterocycles. The van der Waals surface area contributed by atoms with E-state index in [1.807, 2.05) is 0 Å². The summed E-state index contributed by atoms with van der Waals surface area (Å²) in [6, 6.07) is 3.18. The first-order valence-electron chi connectivity index (χ1n) is 6.04. The molecule has 1 aliphatic rings. The van der Waals surface area contributed by atoms with Crippen LogP contribution in [0.5, 0.6) is 0 Å². The molecular weight excluding hydrogens is 392 g/mol. The van der Waals surface area contributed by atoms with Crippen molar-refractivity contribution in [2.75, 3.05) is 13.2 Å². The molecule has 2 rings (SSSR count). The minimum absolute atomic E-state index is 0.0578. The number of nitrogens with zero attached hydrogens (tertiary/aromatic N) is 4. The van der Waals surface area contributed by atoms with E-state index in [0.717, 1.165) is 12.8 Å². The molecule has 1 aromatic carbocycles. The van der Waals surface area contributed by atoms with E-state index in [0.29, 0.717) is 21.1 Å². The predicted molar refractivity (Wildman–Crippen MR) is 81.8 cm³/mol. The Hall–Kier alpha value is -1.08. The van der Waals surface area contributed by atoms with E-state index < -0.39 is 0 Å². The van der Waals surface area contributed by atoms with E-state index in [4.69, 9.17) is 5.53 Å². The van der Waals surface area contributed by atoms with E-state index in [2.05, 4.69) is 41.9 Å². The maximum absolute atomic E-state index is 12.6. The van der Waals surface area contributed by atoms with Crippen molar-refractivity contribution in [3.63, 3.8) is 0 Å². The normalized spacial score (nSPS) is 17.9. The van der Waals surface area contributed by atoms with Gasteiger partial charge in [0.2, 0.25) is 0 Å². The summed E-state index contributed by atoms with van der Waals surface area (Å²) in [7, 11) is 0. The summed E-state index contributed by atoms with van der Waals surface area (Å²) < 4.78 is 1.26. The number of hydrogen-bond acceptors (Lipinski definition) is 3. The lowest BCUT2D eigenvalue weighted by atomic mass is 10.1. The fourth-order valence-electron chi connectivity index (χ4n) is 2.32. The third kappa shape index (κ3) is 2.98. The molecule has 0 radical (unpaired) electrons. The third-order valence-corrected chi connectivity index (χ3v) is 4.31. The molecule has 0 aliphatic carbocycles. The van der Waals surface area contributed by atoms with Crippen molar-refractivity contribution < 1.29 is 9.90 Å². The maximum Gasteiger partial charge on any atom is 0.254 e. The van der Waals surface area contributed by atoms with Crippen molar-refractivity contribution in [1.82, 2.24) is 4.90 Å². The van der Waals surface area contributed by atoms with E-state index >= 15 is 0 Å². The summed E-state index contributed by atoms with van der Waals surface area (Å²) in [4.78, 5) is 17.0. The van der Waals surface area contributed by atoms with Crippen LogP contribution in [-0.2, 0) is 0 Å². The summed E-state index contributed by atoms with van der Waals surface area (Å²) in [6.45, 7) is 0.543. The van der Waals surface area contributed by atoms with Gasteiger partial charge in [-0.2, -0.15) is 0 Å². The van der Waals surface area contributed by atoms with Crippen LogP contribution in [0.3, 0.4) is 0 Å². The molecular formula is C12H12Br2N4O2. The summed E-state index contributed by atoms with van der Waals surface area (Å²) in [6.07, 6.45) is 1.65. The zero-order chi connectivity index (χ0) is 14.7. The quantitative estimate of drug-likeness (QED) is 0.473. The van der Waals surface area contributed by atoms with E-state index in [1.165, 1.54) is 0 Å². The lowest BCUT2D eigenvalue weighted by Gasteiger charge is -2.24. The van der Waals surface area contributed by atoms with Crippen molar-refractivity contribution in [3.8, 4) is 0 Å². The second kappa shape index (κ2) is 6.58. The number of likely N-dealkylation sites (tertiary alicyclic amines) is 1. The summed E-state index contributed by atoms with van der Waals surface area (Å²) >= 11 is 6.62. The first-order chi connectivity index (χ1) is 9.58. The number of hydrogen-bond donors (Lipinski definition) is 1. The van der Waals surface area contributed by atoms with Gasteiger partial charge >= 0.3 is 0 Å². The van der Waals surface area contributed by atoms with Crippen LogP contribution >= 0.6 is 31.9 Å². The average molecular weight is 404 g/mol. The highest BCUT2D eigenvalue weighted by atomic mass is 79.9. The van der Waals surface area contributed by atoms with Crippen molar-refractivity contribution >= 4 is 43.5 Å². The summed E-state index contributed by atoms with van der Waals surface area (Å²) in [5.41, 5.74) is 9.24. The number of amides is 1. The highest BCUT2D eigenvalue weighted by Gasteiger charge is 2.30. The summed E-state index contributed by atoms with van der Waals surface area (Å²) in [5, 5.41) is 12.9. The largest absolute Gasteiger partial charge is 0.394 e. The van der Waals surface area contributed by atoms with Crippen LogP contribution in [-0.4, -0.2) is 35.1 Å². The average Bonchev–Trinajstić information content (AvgIpc) is 2.89. The van der Waals surface area contributed by atoms with Crippen LogP contribution in [0.2, 0.25) is 0 Å². The van der Waals surface area contributed by atoms with Gasteiger partial charge in [-0.1, -0.05) is 37.0 Å². The predicted octanol–water partition coefficient (Wildman–Crippen LogP) is 3.75. The minimum Gasteiger partial charge on any atom is -0.394 e. The first kappa shape index (κ1) is 15.3. The Balaban J connectivity index is 2.45. The number of carbonyl (C=O) groups excluding carboxylic acids is 1. The van der Waals surface area contributed by atoms with Crippen LogP contribution in [0.25, 0.3) is 10.4 Å². The third-order valence-electron chi connectivity index (χ3n) is 3.25. The van der Waals surface area contributed by atoms with E-state index in [9.17, 15) is 9.90 Å². The molecule has 1 N–H and O–H groups in total. The molecule has 0 aromatic heterocycles. The molecule has 1 saturated heterocycles. The van der Waals surface area contributed by atoms with Gasteiger partial charge in [0.1, 0.15) is 0 Å². The van der Waals surface area contributed by atoms with Gasteiger partial charge in [-0.3, -0.25) is 4.79 Å². The van der Waals surface area contributed by atoms with Gasteiger partial charge in [0.25, 0.3) is 5.91 Å². The second-order valence-corrected chi connectivity index (χ2v) is 6.22. The number of benzene rings is 1. The molecule has 0 saturated carbocycles. The molecule has 20 heavy (non-hydrogen) atoms. The SMILES string of the molecule is [N-]=[N+]=Nc1c(Br)cc(Br)cc1C(=O)N1CCC[C@H]1CO. The molecule has 1 fully saturated rings. The topological polar surface area (TPSA) is 89.3 Å². The highest BCUT2D eigenvalue weighted by molar-refractivity contribution is 9.11. The Morgan fingerprint density at radius 3 is 2.95 bits per heavy atom. The van der Waals surface area contributed by atoms with Crippen LogP contribution in [0.1, 0.15) is 23.2 Å². The zero-order valence-electron chi connectivity index (χ0n) is 10.5. The van der Waals surface area contributed by atoms with Crippen molar-refractivity contribution in [2.45, 2.75) is 18.9 Å². The van der Waals surface area contributed by atoms with Gasteiger partial charge in [0.05, 0.1) is 23.9 Å². The smallest absolute Gasteiger partial charge is 0.254 e. The number of halogens is 2. The van der Waals surface area contributed by atoms with Crippen LogP contribution in [0, 0.1) is 0 Å². The summed E-state index contributed by atoms with van der Waals surface area (Å²) in [5.74, 6) is -0.231. The standard InChI is InChI=1S/C12H12Br2N4O2/c13-7-4-9(11(16-17-15)10(14)5-7)12(20)18-3-1-2-8(18)6-19/h4-5,8,19H,1-3,6H2/t8-/m0/s1. The molecule has 0 spiro atoms. The lowest BCUT2D eigenvalue weighted by molar-refractivity contribution is 0.0678. The molecule has 1 atom stereocenters. The van der Waals surface area contributed by atoms with Gasteiger partial charge in [-0.25, -0.2) is 0 Å². The fraction of sp³-hybridized carbons (Fsp3) is 0.417. The minimum atomic E-state index is -0.231. The Morgan fingerprint density at radius 1 is 1.55 bits per heavy atom. The van der Waals surface area contributed by atoms with Gasteiger partial charge in [-0.05, 0) is 30.5 Å². The molecule has 8 heteroatoms. The van der Waals surface area contributed by atoms with Crippen LogP contribution in [0.4, 0.5) is 5.69 Å². The number of azide groups is 1. The van der Waals surface area contributed by atoms with Gasteiger partial charge in [-0.15, -0.1) is 0 Å². The van der Waals surface area contributed by atoms with E-state index in [1.54, 1.807) is 17.0 Å². The number of aliphatic hydroxyl groups excluding tert-OH is 1. The highest BCUT2D eigenvalue weighted by Crippen LogP contribution is 2.35. The van der Waals surface area contributed by atoms with Crippen molar-refractivity contribution in [3.05, 3.63) is 37.1 Å². The molecule has 1 aromatic rings. The monoisotopic (exact) mass is 402 g/mol. The fourth-order valence-corrected chi connectivity index (χ4v) is 3.63. The van der Waals surface area contributed by atoms with Gasteiger partial charge < -0.3 is 10.0 Å². The number of carbonyl (C=O) groups is 1. The maximum atomic E-state index is 12.6. The lowest BCUT2D eigenvalue weighted by Crippen LogP contribution is -2.37. The van der Waals surface area contributed by atoms with E-state index in [-0.39, 0.29) is 24.2 Å². The van der Waals surface area contributed by atoms with Crippen molar-refractivity contribution in [1.29, 1.82) is 0 Å².